The lowest BCUT2D eigenvalue weighted by atomic mass is 9.80. The van der Waals surface area contributed by atoms with Gasteiger partial charge in [-0.1, -0.05) is 50.6 Å². The summed E-state index contributed by atoms with van der Waals surface area (Å²) in [4.78, 5) is 10.5. The highest BCUT2D eigenvalue weighted by Crippen LogP contribution is 2.33. The predicted molar refractivity (Wildman–Crippen MR) is 134 cm³/mol. The number of aliphatic hydroxyl groups is 1. The molecule has 0 radical (unpaired) electrons. The van der Waals surface area contributed by atoms with Gasteiger partial charge in [0.15, 0.2) is 0 Å². The summed E-state index contributed by atoms with van der Waals surface area (Å²) in [5, 5.41) is 25.5. The van der Waals surface area contributed by atoms with Crippen molar-refractivity contribution in [1.29, 1.82) is 0 Å². The van der Waals surface area contributed by atoms with Crippen molar-refractivity contribution < 1.29 is 19.7 Å². The van der Waals surface area contributed by atoms with E-state index in [1.54, 1.807) is 12.1 Å². The van der Waals surface area contributed by atoms with Crippen LogP contribution in [-0.4, -0.2) is 36.3 Å². The van der Waals surface area contributed by atoms with Crippen LogP contribution in [0.4, 0.5) is 5.69 Å². The van der Waals surface area contributed by atoms with E-state index >= 15 is 0 Å². The molecule has 0 aromatic heterocycles. The molecule has 33 heavy (non-hydrogen) atoms. The second-order valence-corrected chi connectivity index (χ2v) is 8.44. The van der Waals surface area contributed by atoms with Crippen LogP contribution in [0.3, 0.4) is 0 Å². The highest BCUT2D eigenvalue weighted by molar-refractivity contribution is 5.75. The fourth-order valence-corrected chi connectivity index (χ4v) is 3.59. The number of carbonyl (C=O) groups is 1. The van der Waals surface area contributed by atoms with E-state index in [9.17, 15) is 15.0 Å². The van der Waals surface area contributed by atoms with Crippen LogP contribution in [0.15, 0.2) is 54.6 Å². The first-order valence-electron chi connectivity index (χ1n) is 11.8. The highest BCUT2D eigenvalue weighted by atomic mass is 16.5. The molecule has 1 saturated carbocycles. The van der Waals surface area contributed by atoms with E-state index < -0.39 is 6.10 Å². The lowest BCUT2D eigenvalue weighted by Gasteiger charge is -2.26. The number of amides is 1. The number of ether oxygens (including phenoxy) is 1. The van der Waals surface area contributed by atoms with E-state index in [1.807, 2.05) is 24.3 Å². The Kier molecular flexibility index (Phi) is 11.5. The van der Waals surface area contributed by atoms with Gasteiger partial charge in [-0.3, -0.25) is 4.79 Å². The molecule has 6 nitrogen and oxygen atoms in total. The lowest BCUT2D eigenvalue weighted by molar-refractivity contribution is -0.105. The maximum atomic E-state index is 10.5. The average molecular weight is 455 g/mol. The number of phenols is 1. The number of carbonyl (C=O) groups excluding carboxylic acids is 1. The molecule has 4 N–H and O–H groups in total. The number of benzene rings is 2. The monoisotopic (exact) mass is 454 g/mol. The standard InChI is InChI=1S/C20H26N2O4.C7H12/c1-2-10-26-17-5-3-4-15(11-17)8-9-21-13-20(25)16-6-7-19(24)18(12-16)22-14-23;1-3-7-4-6(2)5-7/h3-7,11-12,14,20-21,24-25H,2,8-10,13H2,1H3,(H,22,23);7H,2-5H2,1H3/t20-;/m0./s1. The Morgan fingerprint density at radius 1 is 1.21 bits per heavy atom. The van der Waals surface area contributed by atoms with Crippen LogP contribution in [0.2, 0.25) is 0 Å². The minimum absolute atomic E-state index is 0.0359. The van der Waals surface area contributed by atoms with Gasteiger partial charge in [-0.05, 0) is 73.5 Å². The summed E-state index contributed by atoms with van der Waals surface area (Å²) in [5.41, 5.74) is 3.52. The topological polar surface area (TPSA) is 90.8 Å². The predicted octanol–water partition coefficient (Wildman–Crippen LogP) is 4.98. The third-order valence-corrected chi connectivity index (χ3v) is 5.65. The molecule has 1 fully saturated rings. The zero-order chi connectivity index (χ0) is 24.1. The molecule has 2 aromatic carbocycles. The molecule has 0 bridgehead atoms. The maximum Gasteiger partial charge on any atom is 0.211 e. The number of phenolic OH excluding ortho intramolecular Hbond substituents is 1. The van der Waals surface area contributed by atoms with E-state index in [1.165, 1.54) is 36.5 Å². The fraction of sp³-hybridized carbons (Fsp3) is 0.444. The van der Waals surface area contributed by atoms with Crippen molar-refractivity contribution in [2.45, 2.75) is 52.1 Å². The molecular formula is C27H38N2O4. The molecular weight excluding hydrogens is 416 g/mol. The van der Waals surface area contributed by atoms with Crippen LogP contribution in [0.5, 0.6) is 11.5 Å². The lowest BCUT2D eigenvalue weighted by Crippen LogP contribution is -2.23. The van der Waals surface area contributed by atoms with Crippen LogP contribution in [0.25, 0.3) is 0 Å². The van der Waals surface area contributed by atoms with Crippen molar-refractivity contribution in [1.82, 2.24) is 5.32 Å². The number of aromatic hydroxyl groups is 1. The summed E-state index contributed by atoms with van der Waals surface area (Å²) >= 11 is 0. The quantitative estimate of drug-likeness (QED) is 0.157. The molecule has 0 spiro atoms. The van der Waals surface area contributed by atoms with Gasteiger partial charge < -0.3 is 25.6 Å². The molecule has 0 unspecified atom stereocenters. The Labute approximate surface area is 197 Å². The van der Waals surface area contributed by atoms with Gasteiger partial charge in [-0.2, -0.15) is 0 Å². The van der Waals surface area contributed by atoms with Crippen molar-refractivity contribution in [3.63, 3.8) is 0 Å². The van der Waals surface area contributed by atoms with E-state index in [0.29, 0.717) is 31.7 Å². The molecule has 0 saturated heterocycles. The summed E-state index contributed by atoms with van der Waals surface area (Å²) in [6.07, 6.45) is 5.50. The van der Waals surface area contributed by atoms with Crippen molar-refractivity contribution >= 4 is 12.1 Å². The zero-order valence-corrected chi connectivity index (χ0v) is 19.8. The highest BCUT2D eigenvalue weighted by Gasteiger charge is 2.18. The molecule has 1 atom stereocenters. The van der Waals surface area contributed by atoms with Gasteiger partial charge in [0.25, 0.3) is 0 Å². The van der Waals surface area contributed by atoms with E-state index in [2.05, 4.69) is 31.1 Å². The summed E-state index contributed by atoms with van der Waals surface area (Å²) in [6.45, 7) is 9.98. The molecule has 2 aromatic rings. The van der Waals surface area contributed by atoms with Crippen molar-refractivity contribution in [3.05, 3.63) is 65.7 Å². The van der Waals surface area contributed by atoms with Crippen LogP contribution in [-0.2, 0) is 11.2 Å². The largest absolute Gasteiger partial charge is 0.506 e. The second kappa shape index (κ2) is 14.3. The van der Waals surface area contributed by atoms with Crippen LogP contribution in [0, 0.1) is 5.92 Å². The van der Waals surface area contributed by atoms with Gasteiger partial charge in [0.2, 0.25) is 6.41 Å². The Balaban J connectivity index is 0.000000468. The maximum absolute atomic E-state index is 10.5. The van der Waals surface area contributed by atoms with Gasteiger partial charge in [0.1, 0.15) is 11.5 Å². The normalized spacial score (nSPS) is 14.0. The van der Waals surface area contributed by atoms with Crippen molar-refractivity contribution in [3.8, 4) is 11.5 Å². The molecule has 0 heterocycles. The fourth-order valence-electron chi connectivity index (χ4n) is 3.59. The van der Waals surface area contributed by atoms with Crippen molar-refractivity contribution in [2.75, 3.05) is 25.0 Å². The number of hydrogen-bond acceptors (Lipinski definition) is 5. The van der Waals surface area contributed by atoms with Crippen LogP contribution < -0.4 is 15.4 Å². The Bertz CT molecular complexity index is 876. The minimum Gasteiger partial charge on any atom is -0.506 e. The molecule has 180 valence electrons. The number of anilines is 1. The van der Waals surface area contributed by atoms with Gasteiger partial charge in [0.05, 0.1) is 18.4 Å². The average Bonchev–Trinajstić information content (AvgIpc) is 2.80. The molecule has 0 aliphatic heterocycles. The first-order valence-corrected chi connectivity index (χ1v) is 11.8. The van der Waals surface area contributed by atoms with Crippen LogP contribution in [0.1, 0.15) is 56.8 Å². The van der Waals surface area contributed by atoms with Crippen LogP contribution >= 0.6 is 0 Å². The molecule has 6 heteroatoms. The van der Waals surface area contributed by atoms with E-state index in [4.69, 9.17) is 4.74 Å². The smallest absolute Gasteiger partial charge is 0.211 e. The Morgan fingerprint density at radius 3 is 2.64 bits per heavy atom. The third kappa shape index (κ3) is 9.28. The summed E-state index contributed by atoms with van der Waals surface area (Å²) in [6, 6.07) is 12.7. The third-order valence-electron chi connectivity index (χ3n) is 5.65. The molecule has 1 aliphatic rings. The number of hydrogen-bond donors (Lipinski definition) is 4. The summed E-state index contributed by atoms with van der Waals surface area (Å²) < 4.78 is 5.63. The Morgan fingerprint density at radius 2 is 2.00 bits per heavy atom. The zero-order valence-electron chi connectivity index (χ0n) is 19.8. The molecule has 1 amide bonds. The SMILES string of the molecule is C=C1CC(CC)C1.CCCOc1cccc(CCNC[C@H](O)c2ccc(O)c(NC=O)c2)c1. The first-order chi connectivity index (χ1) is 16.0. The van der Waals surface area contributed by atoms with E-state index in [-0.39, 0.29) is 11.4 Å². The summed E-state index contributed by atoms with van der Waals surface area (Å²) in [5.74, 6) is 1.84. The Hall–Kier alpha value is -2.83. The number of nitrogens with one attached hydrogen (secondary N) is 2. The first kappa shape index (κ1) is 26.4. The molecule has 3 rings (SSSR count). The van der Waals surface area contributed by atoms with Gasteiger partial charge >= 0.3 is 0 Å². The number of aliphatic hydroxyl groups excluding tert-OH is 1. The minimum atomic E-state index is -0.734. The van der Waals surface area contributed by atoms with Crippen molar-refractivity contribution in [2.24, 2.45) is 5.92 Å². The van der Waals surface area contributed by atoms with Gasteiger partial charge in [-0.15, -0.1) is 0 Å². The second-order valence-electron chi connectivity index (χ2n) is 8.44. The number of allylic oxidation sites excluding steroid dienone is 1. The van der Waals surface area contributed by atoms with Gasteiger partial charge in [-0.25, -0.2) is 0 Å². The molecule has 1 aliphatic carbocycles. The van der Waals surface area contributed by atoms with Gasteiger partial charge in [0, 0.05) is 6.54 Å². The number of rotatable bonds is 12. The van der Waals surface area contributed by atoms with E-state index in [0.717, 1.165) is 24.5 Å². The summed E-state index contributed by atoms with van der Waals surface area (Å²) in [7, 11) is 0.